The van der Waals surface area contributed by atoms with E-state index in [0.717, 1.165) is 49.3 Å². The van der Waals surface area contributed by atoms with Gasteiger partial charge in [-0.3, -0.25) is 9.69 Å². The summed E-state index contributed by atoms with van der Waals surface area (Å²) in [5.74, 6) is 1.60. The molecule has 1 aliphatic rings. The number of aromatic amines is 2. The van der Waals surface area contributed by atoms with Crippen LogP contribution < -0.4 is 0 Å². The molecular weight excluding hydrogens is 384 g/mol. The van der Waals surface area contributed by atoms with E-state index in [1.165, 1.54) is 22.0 Å². The Kier molecular flexibility index (Phi) is 5.36. The Bertz CT molecular complexity index is 1180. The predicted octanol–water partition coefficient (Wildman–Crippen LogP) is 5.33. The maximum Gasteiger partial charge on any atom is 0.136 e. The molecule has 31 heavy (non-hydrogen) atoms. The number of para-hydroxylation sites is 2. The summed E-state index contributed by atoms with van der Waals surface area (Å²) in [6.45, 7) is 7.14. The number of benzene rings is 2. The van der Waals surface area contributed by atoms with Crippen LogP contribution in [0.2, 0.25) is 0 Å². The number of ketones is 1. The molecule has 0 radical (unpaired) electrons. The summed E-state index contributed by atoms with van der Waals surface area (Å²) in [6, 6.07) is 14.6. The number of fused-ring (bicyclic) bond motifs is 2. The lowest BCUT2D eigenvalue weighted by molar-refractivity contribution is -0.124. The zero-order chi connectivity index (χ0) is 21.4. The zero-order valence-corrected chi connectivity index (χ0v) is 18.3. The summed E-state index contributed by atoms with van der Waals surface area (Å²) in [6.07, 6.45) is 4.60. The van der Waals surface area contributed by atoms with E-state index in [1.54, 1.807) is 0 Å². The third-order valence-electron chi connectivity index (χ3n) is 6.74. The van der Waals surface area contributed by atoms with Gasteiger partial charge < -0.3 is 9.97 Å². The van der Waals surface area contributed by atoms with Crippen LogP contribution in [-0.2, 0) is 11.3 Å². The minimum Gasteiger partial charge on any atom is -0.361 e. The number of nitrogens with zero attached hydrogens (tertiary/aromatic N) is 2. The molecule has 0 saturated carbocycles. The molecule has 5 heteroatoms. The van der Waals surface area contributed by atoms with E-state index in [2.05, 4.69) is 58.1 Å². The Balaban J connectivity index is 1.17. The van der Waals surface area contributed by atoms with Crippen LogP contribution in [0.25, 0.3) is 21.9 Å². The highest BCUT2D eigenvalue weighted by Crippen LogP contribution is 2.27. The molecule has 0 amide bonds. The van der Waals surface area contributed by atoms with Crippen molar-refractivity contribution in [2.75, 3.05) is 13.1 Å². The van der Waals surface area contributed by atoms with Crippen molar-refractivity contribution < 1.29 is 4.79 Å². The van der Waals surface area contributed by atoms with E-state index in [0.29, 0.717) is 12.2 Å². The van der Waals surface area contributed by atoms with Crippen LogP contribution in [0.3, 0.4) is 0 Å². The summed E-state index contributed by atoms with van der Waals surface area (Å²) in [5.41, 5.74) is 5.85. The largest absolute Gasteiger partial charge is 0.361 e. The number of Topliss-reactive ketones (excluding diaryl/α,β-unsaturated/α-hetero) is 1. The molecule has 5 nitrogen and oxygen atoms in total. The van der Waals surface area contributed by atoms with Crippen molar-refractivity contribution in [2.45, 2.75) is 45.6 Å². The van der Waals surface area contributed by atoms with Gasteiger partial charge >= 0.3 is 0 Å². The lowest BCUT2D eigenvalue weighted by Gasteiger charge is -2.31. The average molecular weight is 415 g/mol. The zero-order valence-electron chi connectivity index (χ0n) is 18.3. The monoisotopic (exact) mass is 414 g/mol. The number of carbonyl (C=O) groups excluding carboxylic acids is 1. The van der Waals surface area contributed by atoms with Crippen LogP contribution in [-0.4, -0.2) is 38.7 Å². The molecule has 5 rings (SSSR count). The molecule has 1 saturated heterocycles. The number of hydrogen-bond donors (Lipinski definition) is 2. The molecule has 4 aromatic rings. The standard InChI is InChI=1S/C26H30N4O/c1-17-7-8-22-21(13-17)20(15-27-22)16-30-11-9-19(10-12-30)25(31)14-18(2)26-28-23-5-3-4-6-24(23)29-26/h3-8,13,15,18-19,27H,9-12,14,16H2,1-2H3,(H,28,29). The lowest BCUT2D eigenvalue weighted by Crippen LogP contribution is -2.36. The molecule has 1 fully saturated rings. The Morgan fingerprint density at radius 1 is 1.16 bits per heavy atom. The van der Waals surface area contributed by atoms with E-state index in [1.807, 2.05) is 24.3 Å². The molecular formula is C26H30N4O. The van der Waals surface area contributed by atoms with Crippen molar-refractivity contribution in [3.05, 3.63) is 65.6 Å². The second-order valence-corrected chi connectivity index (χ2v) is 9.12. The van der Waals surface area contributed by atoms with Gasteiger partial charge in [-0.1, -0.05) is 30.7 Å². The fraction of sp³-hybridized carbons (Fsp3) is 0.385. The van der Waals surface area contributed by atoms with Crippen molar-refractivity contribution >= 4 is 27.7 Å². The SMILES string of the molecule is Cc1ccc2[nH]cc(CN3CCC(C(=O)CC(C)c4nc5ccccc5[nH]4)CC3)c2c1. The van der Waals surface area contributed by atoms with Gasteiger partial charge in [-0.15, -0.1) is 0 Å². The molecule has 0 spiro atoms. The molecule has 1 unspecified atom stereocenters. The first-order valence-corrected chi connectivity index (χ1v) is 11.3. The van der Waals surface area contributed by atoms with Crippen LogP contribution in [0.5, 0.6) is 0 Å². The number of likely N-dealkylation sites (tertiary alicyclic amines) is 1. The van der Waals surface area contributed by atoms with Crippen LogP contribution >= 0.6 is 0 Å². The van der Waals surface area contributed by atoms with Crippen LogP contribution in [0.4, 0.5) is 0 Å². The number of hydrogen-bond acceptors (Lipinski definition) is 3. The Labute approximate surface area is 182 Å². The van der Waals surface area contributed by atoms with Gasteiger partial charge in [-0.05, 0) is 62.7 Å². The van der Waals surface area contributed by atoms with E-state index >= 15 is 0 Å². The highest BCUT2D eigenvalue weighted by Gasteiger charge is 2.27. The summed E-state index contributed by atoms with van der Waals surface area (Å²) < 4.78 is 0. The second kappa shape index (κ2) is 8.31. The number of H-pyrrole nitrogens is 2. The van der Waals surface area contributed by atoms with E-state index in [-0.39, 0.29) is 11.8 Å². The number of aromatic nitrogens is 3. The van der Waals surface area contributed by atoms with E-state index < -0.39 is 0 Å². The summed E-state index contributed by atoms with van der Waals surface area (Å²) >= 11 is 0. The predicted molar refractivity (Wildman–Crippen MR) is 125 cm³/mol. The maximum atomic E-state index is 13.0. The topological polar surface area (TPSA) is 64.8 Å². The summed E-state index contributed by atoms with van der Waals surface area (Å²) in [7, 11) is 0. The minimum absolute atomic E-state index is 0.118. The van der Waals surface area contributed by atoms with Gasteiger partial charge in [0.2, 0.25) is 0 Å². The first-order valence-electron chi connectivity index (χ1n) is 11.3. The molecule has 2 aromatic heterocycles. The number of piperidine rings is 1. The first kappa shape index (κ1) is 20.0. The molecule has 3 heterocycles. The van der Waals surface area contributed by atoms with Crippen LogP contribution in [0.15, 0.2) is 48.7 Å². The highest BCUT2D eigenvalue weighted by molar-refractivity contribution is 5.84. The highest BCUT2D eigenvalue weighted by atomic mass is 16.1. The van der Waals surface area contributed by atoms with E-state index in [4.69, 9.17) is 0 Å². The Morgan fingerprint density at radius 3 is 2.77 bits per heavy atom. The molecule has 0 aliphatic carbocycles. The molecule has 1 atom stereocenters. The van der Waals surface area contributed by atoms with Gasteiger partial charge in [-0.25, -0.2) is 4.98 Å². The van der Waals surface area contributed by atoms with Gasteiger partial charge in [0.05, 0.1) is 11.0 Å². The third kappa shape index (κ3) is 4.15. The number of aryl methyl sites for hydroxylation is 1. The van der Waals surface area contributed by atoms with Gasteiger partial charge in [0.15, 0.2) is 0 Å². The molecule has 1 aliphatic heterocycles. The van der Waals surface area contributed by atoms with Crippen molar-refractivity contribution in [1.82, 2.24) is 19.9 Å². The smallest absolute Gasteiger partial charge is 0.136 e. The average Bonchev–Trinajstić information content (AvgIpc) is 3.38. The molecule has 160 valence electrons. The van der Waals surface area contributed by atoms with Crippen molar-refractivity contribution in [1.29, 1.82) is 0 Å². The van der Waals surface area contributed by atoms with Gasteiger partial charge in [0.1, 0.15) is 11.6 Å². The van der Waals surface area contributed by atoms with Crippen LogP contribution in [0.1, 0.15) is 49.1 Å². The van der Waals surface area contributed by atoms with Crippen molar-refractivity contribution in [3.8, 4) is 0 Å². The molecule has 2 N–H and O–H groups in total. The number of imidazole rings is 1. The lowest BCUT2D eigenvalue weighted by atomic mass is 9.87. The maximum absolute atomic E-state index is 13.0. The number of nitrogens with one attached hydrogen (secondary N) is 2. The summed E-state index contributed by atoms with van der Waals surface area (Å²) in [4.78, 5) is 26.9. The fourth-order valence-corrected chi connectivity index (χ4v) is 4.85. The van der Waals surface area contributed by atoms with Gasteiger partial charge in [-0.2, -0.15) is 0 Å². The first-order chi connectivity index (χ1) is 15.1. The van der Waals surface area contributed by atoms with E-state index in [9.17, 15) is 4.79 Å². The molecule has 2 aromatic carbocycles. The van der Waals surface area contributed by atoms with Crippen molar-refractivity contribution in [2.24, 2.45) is 5.92 Å². The van der Waals surface area contributed by atoms with Gasteiger partial charge in [0.25, 0.3) is 0 Å². The third-order valence-corrected chi connectivity index (χ3v) is 6.74. The number of carbonyl (C=O) groups is 1. The van der Waals surface area contributed by atoms with Crippen molar-refractivity contribution in [3.63, 3.8) is 0 Å². The second-order valence-electron chi connectivity index (χ2n) is 9.12. The quantitative estimate of drug-likeness (QED) is 0.448. The Hall–Kier alpha value is -2.92. The Morgan fingerprint density at radius 2 is 1.97 bits per heavy atom. The minimum atomic E-state index is 0.118. The molecule has 0 bridgehead atoms. The normalized spacial score (nSPS) is 16.8. The summed E-state index contributed by atoms with van der Waals surface area (Å²) in [5, 5.41) is 1.32. The number of rotatable bonds is 6. The van der Waals surface area contributed by atoms with Crippen LogP contribution in [0, 0.1) is 12.8 Å². The fourth-order valence-electron chi connectivity index (χ4n) is 4.85. The van der Waals surface area contributed by atoms with Gasteiger partial charge in [0, 0.05) is 41.9 Å².